The van der Waals surface area contributed by atoms with Crippen molar-refractivity contribution in [2.75, 3.05) is 0 Å². The van der Waals surface area contributed by atoms with E-state index in [9.17, 15) is 9.59 Å². The van der Waals surface area contributed by atoms with E-state index in [2.05, 4.69) is 18.8 Å². The number of carbonyl (C=O) groups excluding carboxylic acids is 1. The van der Waals surface area contributed by atoms with Gasteiger partial charge in [-0.25, -0.2) is 0 Å². The first kappa shape index (κ1) is 21.7. The van der Waals surface area contributed by atoms with Crippen molar-refractivity contribution < 1.29 is 14.7 Å². The molecule has 0 saturated carbocycles. The molecule has 132 valence electrons. The molecule has 3 heteroatoms. The molecule has 0 radical (unpaired) electrons. The second kappa shape index (κ2) is 17.1. The number of hydrogen-bond donors (Lipinski definition) is 1. The third kappa shape index (κ3) is 18.7. The Hall–Kier alpha value is -1.30. The van der Waals surface area contributed by atoms with Crippen LogP contribution in [0.2, 0.25) is 0 Å². The van der Waals surface area contributed by atoms with Crippen molar-refractivity contribution >= 4 is 11.8 Å². The average Bonchev–Trinajstić information content (AvgIpc) is 2.52. The van der Waals surface area contributed by atoms with Crippen molar-refractivity contribution in [3.05, 3.63) is 0 Å². The summed E-state index contributed by atoms with van der Waals surface area (Å²) in [6.45, 7) is 2.24. The van der Waals surface area contributed by atoms with Crippen molar-refractivity contribution in [1.82, 2.24) is 0 Å². The van der Waals surface area contributed by atoms with Crippen LogP contribution in [0.3, 0.4) is 0 Å². The maximum Gasteiger partial charge on any atom is 0.303 e. The van der Waals surface area contributed by atoms with Crippen LogP contribution in [0, 0.1) is 11.8 Å². The fourth-order valence-corrected chi connectivity index (χ4v) is 2.48. The maximum absolute atomic E-state index is 11.6. The summed E-state index contributed by atoms with van der Waals surface area (Å²) in [5.74, 6) is 5.16. The molecule has 0 aliphatic heterocycles. The quantitative estimate of drug-likeness (QED) is 0.319. The summed E-state index contributed by atoms with van der Waals surface area (Å²) < 4.78 is 0. The van der Waals surface area contributed by atoms with Gasteiger partial charge in [-0.1, -0.05) is 70.6 Å². The number of rotatable bonds is 15. The highest BCUT2D eigenvalue weighted by atomic mass is 16.4. The first-order valence-electron chi connectivity index (χ1n) is 9.36. The van der Waals surface area contributed by atoms with Crippen LogP contribution in [-0.4, -0.2) is 16.9 Å². The van der Waals surface area contributed by atoms with Gasteiger partial charge >= 0.3 is 5.97 Å². The zero-order valence-corrected chi connectivity index (χ0v) is 14.9. The van der Waals surface area contributed by atoms with Crippen LogP contribution in [0.5, 0.6) is 0 Å². The molecule has 0 atom stereocenters. The topological polar surface area (TPSA) is 54.4 Å². The van der Waals surface area contributed by atoms with Gasteiger partial charge in [0.05, 0.1) is 6.42 Å². The van der Waals surface area contributed by atoms with E-state index in [0.29, 0.717) is 25.7 Å². The van der Waals surface area contributed by atoms with Crippen LogP contribution in [0.1, 0.15) is 103 Å². The molecule has 0 aromatic carbocycles. The SMILES string of the molecule is CCCCCCCCCCCCC(=O)CC#CCCCC(=O)O. The van der Waals surface area contributed by atoms with Gasteiger partial charge in [0.15, 0.2) is 0 Å². The summed E-state index contributed by atoms with van der Waals surface area (Å²) in [6, 6.07) is 0. The molecule has 0 saturated heterocycles. The van der Waals surface area contributed by atoms with Gasteiger partial charge in [-0.3, -0.25) is 9.59 Å². The highest BCUT2D eigenvalue weighted by molar-refractivity contribution is 5.80. The van der Waals surface area contributed by atoms with E-state index in [-0.39, 0.29) is 12.2 Å². The molecular formula is C20H34O3. The second-order valence-electron chi connectivity index (χ2n) is 6.25. The Balaban J connectivity index is 3.30. The summed E-state index contributed by atoms with van der Waals surface area (Å²) in [5.41, 5.74) is 0. The van der Waals surface area contributed by atoms with Crippen molar-refractivity contribution in [2.24, 2.45) is 0 Å². The molecule has 0 aromatic rings. The molecule has 3 nitrogen and oxygen atoms in total. The molecule has 0 aliphatic rings. The number of unbranched alkanes of at least 4 members (excludes halogenated alkanes) is 10. The van der Waals surface area contributed by atoms with E-state index in [1.807, 2.05) is 0 Å². The number of hydrogen-bond acceptors (Lipinski definition) is 2. The standard InChI is InChI=1S/C20H34O3/c1-2-3-4-5-6-7-8-9-10-13-16-19(21)17-14-11-12-15-18-20(22)23/h2-10,12-13,15-18H2,1H3,(H,22,23). The average molecular weight is 322 g/mol. The van der Waals surface area contributed by atoms with Crippen LogP contribution in [-0.2, 0) is 9.59 Å². The zero-order chi connectivity index (χ0) is 17.2. The molecule has 0 amide bonds. The Labute approximate surface area is 142 Å². The lowest BCUT2D eigenvalue weighted by atomic mass is 10.0. The van der Waals surface area contributed by atoms with Gasteiger partial charge in [0.2, 0.25) is 0 Å². The smallest absolute Gasteiger partial charge is 0.303 e. The Morgan fingerprint density at radius 1 is 0.739 bits per heavy atom. The van der Waals surface area contributed by atoms with Crippen LogP contribution >= 0.6 is 0 Å². The number of carbonyl (C=O) groups is 2. The fraction of sp³-hybridized carbons (Fsp3) is 0.800. The van der Waals surface area contributed by atoms with E-state index in [1.54, 1.807) is 0 Å². The molecule has 1 N–H and O–H groups in total. The Bertz CT molecular complexity index is 363. The third-order valence-electron chi connectivity index (χ3n) is 3.91. The van der Waals surface area contributed by atoms with Gasteiger partial charge in [0.1, 0.15) is 5.78 Å². The van der Waals surface area contributed by atoms with Crippen molar-refractivity contribution in [3.63, 3.8) is 0 Å². The maximum atomic E-state index is 11.6. The number of Topliss-reactive ketones (excluding diaryl/α,β-unsaturated/α-hetero) is 1. The first-order valence-corrected chi connectivity index (χ1v) is 9.36. The van der Waals surface area contributed by atoms with E-state index in [1.165, 1.54) is 51.4 Å². The number of carboxylic acid groups (broad SMARTS) is 1. The molecule has 0 aliphatic carbocycles. The molecular weight excluding hydrogens is 288 g/mol. The van der Waals surface area contributed by atoms with Gasteiger partial charge < -0.3 is 5.11 Å². The Morgan fingerprint density at radius 2 is 1.30 bits per heavy atom. The fourth-order valence-electron chi connectivity index (χ4n) is 2.48. The molecule has 23 heavy (non-hydrogen) atoms. The lowest BCUT2D eigenvalue weighted by molar-refractivity contribution is -0.137. The van der Waals surface area contributed by atoms with Crippen molar-refractivity contribution in [2.45, 2.75) is 103 Å². The van der Waals surface area contributed by atoms with Crippen LogP contribution < -0.4 is 0 Å². The predicted molar refractivity (Wildman–Crippen MR) is 95.3 cm³/mol. The van der Waals surface area contributed by atoms with Gasteiger partial charge in [-0.15, -0.1) is 5.92 Å². The summed E-state index contributed by atoms with van der Waals surface area (Å²) in [7, 11) is 0. The summed E-state index contributed by atoms with van der Waals surface area (Å²) in [6.07, 6.45) is 15.0. The minimum Gasteiger partial charge on any atom is -0.481 e. The molecule has 0 unspecified atom stereocenters. The van der Waals surface area contributed by atoms with Gasteiger partial charge in [0.25, 0.3) is 0 Å². The van der Waals surface area contributed by atoms with E-state index >= 15 is 0 Å². The van der Waals surface area contributed by atoms with Gasteiger partial charge in [0, 0.05) is 19.3 Å². The molecule has 0 spiro atoms. The third-order valence-corrected chi connectivity index (χ3v) is 3.91. The van der Waals surface area contributed by atoms with Crippen molar-refractivity contribution in [3.8, 4) is 11.8 Å². The summed E-state index contributed by atoms with van der Waals surface area (Å²) in [5, 5.41) is 8.48. The molecule has 0 bridgehead atoms. The number of aliphatic carboxylic acids is 1. The van der Waals surface area contributed by atoms with E-state index < -0.39 is 5.97 Å². The molecule has 0 rings (SSSR count). The van der Waals surface area contributed by atoms with Crippen LogP contribution in [0.15, 0.2) is 0 Å². The summed E-state index contributed by atoms with van der Waals surface area (Å²) in [4.78, 5) is 21.9. The van der Waals surface area contributed by atoms with E-state index in [0.717, 1.165) is 12.8 Å². The van der Waals surface area contributed by atoms with Gasteiger partial charge in [-0.05, 0) is 12.8 Å². The minimum atomic E-state index is -0.788. The second-order valence-corrected chi connectivity index (χ2v) is 6.25. The van der Waals surface area contributed by atoms with Crippen LogP contribution in [0.25, 0.3) is 0 Å². The predicted octanol–water partition coefficient (Wildman–Crippen LogP) is 5.51. The van der Waals surface area contributed by atoms with Crippen LogP contribution in [0.4, 0.5) is 0 Å². The zero-order valence-electron chi connectivity index (χ0n) is 14.9. The molecule has 0 heterocycles. The molecule has 0 fully saturated rings. The van der Waals surface area contributed by atoms with Crippen molar-refractivity contribution in [1.29, 1.82) is 0 Å². The monoisotopic (exact) mass is 322 g/mol. The minimum absolute atomic E-state index is 0.154. The highest BCUT2D eigenvalue weighted by Crippen LogP contribution is 2.11. The molecule has 0 aromatic heterocycles. The van der Waals surface area contributed by atoms with Gasteiger partial charge in [-0.2, -0.15) is 0 Å². The Morgan fingerprint density at radius 3 is 1.87 bits per heavy atom. The van der Waals surface area contributed by atoms with E-state index in [4.69, 9.17) is 5.11 Å². The number of ketones is 1. The number of carboxylic acids is 1. The lowest BCUT2D eigenvalue weighted by Gasteiger charge is -2.01. The first-order chi connectivity index (χ1) is 11.2. The summed E-state index contributed by atoms with van der Waals surface area (Å²) >= 11 is 0. The normalized spacial score (nSPS) is 10.1. The largest absolute Gasteiger partial charge is 0.481 e. The Kier molecular flexibility index (Phi) is 16.1. The highest BCUT2D eigenvalue weighted by Gasteiger charge is 1.99. The lowest BCUT2D eigenvalue weighted by Crippen LogP contribution is -1.96.